The largest absolute Gasteiger partial charge is 0.309 e. The molecule has 0 aliphatic rings. The summed E-state index contributed by atoms with van der Waals surface area (Å²) in [6, 6.07) is 57.0. The molecule has 0 radical (unpaired) electrons. The van der Waals surface area contributed by atoms with Crippen LogP contribution in [0.3, 0.4) is 0 Å². The van der Waals surface area contributed by atoms with E-state index in [1.54, 1.807) is 11.3 Å². The van der Waals surface area contributed by atoms with Crippen molar-refractivity contribution in [3.63, 3.8) is 0 Å². The molecule has 10 rings (SSSR count). The maximum absolute atomic E-state index is 5.34. The predicted molar refractivity (Wildman–Crippen MR) is 203 cm³/mol. The minimum atomic E-state index is 1.04. The van der Waals surface area contributed by atoms with Gasteiger partial charge in [0, 0.05) is 47.8 Å². The van der Waals surface area contributed by atoms with Crippen molar-refractivity contribution < 1.29 is 0 Å². The lowest BCUT2D eigenvalue weighted by Crippen LogP contribution is -1.93. The number of benzene rings is 7. The van der Waals surface area contributed by atoms with Gasteiger partial charge in [0.15, 0.2) is 0 Å². The van der Waals surface area contributed by atoms with E-state index in [9.17, 15) is 0 Å². The first kappa shape index (κ1) is 26.6. The van der Waals surface area contributed by atoms with Crippen LogP contribution in [0.1, 0.15) is 0 Å². The lowest BCUT2D eigenvalue weighted by Gasteiger charge is -2.08. The van der Waals surface area contributed by atoms with Crippen LogP contribution in [0.15, 0.2) is 158 Å². The Morgan fingerprint density at radius 1 is 0.447 bits per heavy atom. The zero-order chi connectivity index (χ0) is 30.9. The fourth-order valence-electron chi connectivity index (χ4n) is 7.06. The smallest absolute Gasteiger partial charge is 0.124 e. The van der Waals surface area contributed by atoms with Gasteiger partial charge in [0.2, 0.25) is 0 Å². The molecule has 0 amide bonds. The van der Waals surface area contributed by atoms with Gasteiger partial charge in [-0.1, -0.05) is 103 Å². The Balaban J connectivity index is 1.14. The van der Waals surface area contributed by atoms with Crippen LogP contribution in [0.4, 0.5) is 0 Å². The summed E-state index contributed by atoms with van der Waals surface area (Å²) in [7, 11) is 0. The van der Waals surface area contributed by atoms with E-state index in [0.717, 1.165) is 21.8 Å². The Morgan fingerprint density at radius 3 is 1.85 bits per heavy atom. The lowest BCUT2D eigenvalue weighted by atomic mass is 9.97. The maximum Gasteiger partial charge on any atom is 0.124 e. The van der Waals surface area contributed by atoms with Crippen molar-refractivity contribution in [2.45, 2.75) is 0 Å². The van der Waals surface area contributed by atoms with Crippen molar-refractivity contribution >= 4 is 74.9 Å². The summed E-state index contributed by atoms with van der Waals surface area (Å²) in [4.78, 5) is 5.34. The molecule has 0 N–H and O–H groups in total. The predicted octanol–water partition coefficient (Wildman–Crippen LogP) is 12.8. The van der Waals surface area contributed by atoms with Gasteiger partial charge in [0.25, 0.3) is 0 Å². The number of thiophene rings is 1. The van der Waals surface area contributed by atoms with Crippen LogP contribution in [-0.2, 0) is 0 Å². The monoisotopic (exact) mass is 634 g/mol. The highest BCUT2D eigenvalue weighted by molar-refractivity contribution is 7.27. The van der Waals surface area contributed by atoms with E-state index in [1.165, 1.54) is 68.9 Å². The molecule has 220 valence electrons. The van der Waals surface area contributed by atoms with Crippen LogP contribution in [0.5, 0.6) is 0 Å². The summed E-state index contributed by atoms with van der Waals surface area (Å²) < 4.78 is 6.16. The first-order valence-corrected chi connectivity index (χ1v) is 17.4. The molecule has 0 aliphatic carbocycles. The van der Waals surface area contributed by atoms with Gasteiger partial charge in [-0.05, 0) is 71.3 Å². The second kappa shape index (κ2) is 10.5. The van der Waals surface area contributed by atoms with E-state index in [0.29, 0.717) is 0 Å². The number of hydrogen-bond acceptors (Lipinski definition) is 3. The molecule has 3 heterocycles. The topological polar surface area (TPSA) is 17.8 Å². The molecule has 0 saturated carbocycles. The summed E-state index contributed by atoms with van der Waals surface area (Å²) in [6.45, 7) is 0. The van der Waals surface area contributed by atoms with Gasteiger partial charge in [-0.3, -0.25) is 0 Å². The van der Waals surface area contributed by atoms with E-state index in [2.05, 4.69) is 162 Å². The summed E-state index contributed by atoms with van der Waals surface area (Å²) in [6.07, 6.45) is 0. The SMILES string of the molecule is c1ccc(-c2cccc(-c3cc4sc(-c5ccc(-n6c7ccccc7c7ccccc76)cc5)nc4c4c3sc3ccccc34)c2)cc1. The molecule has 0 atom stereocenters. The van der Waals surface area contributed by atoms with Crippen molar-refractivity contribution in [3.05, 3.63) is 158 Å². The van der Waals surface area contributed by atoms with E-state index >= 15 is 0 Å². The molecular formula is C43H26N2S2. The molecule has 0 bridgehead atoms. The summed E-state index contributed by atoms with van der Waals surface area (Å²) in [5, 5.41) is 6.12. The number of nitrogens with zero attached hydrogens (tertiary/aromatic N) is 2. The Morgan fingerprint density at radius 2 is 1.09 bits per heavy atom. The molecule has 10 aromatic rings. The molecular weight excluding hydrogens is 609 g/mol. The number of aromatic nitrogens is 2. The van der Waals surface area contributed by atoms with Crippen molar-refractivity contribution in [2.24, 2.45) is 0 Å². The highest BCUT2D eigenvalue weighted by Crippen LogP contribution is 2.46. The van der Waals surface area contributed by atoms with Gasteiger partial charge in [-0.25, -0.2) is 4.98 Å². The normalized spacial score (nSPS) is 11.8. The van der Waals surface area contributed by atoms with E-state index < -0.39 is 0 Å². The van der Waals surface area contributed by atoms with Crippen molar-refractivity contribution in [1.29, 1.82) is 0 Å². The van der Waals surface area contributed by atoms with Crippen LogP contribution in [0.25, 0.3) is 90.7 Å². The molecule has 0 aliphatic heterocycles. The zero-order valence-electron chi connectivity index (χ0n) is 25.2. The van der Waals surface area contributed by atoms with Gasteiger partial charge in [0.1, 0.15) is 5.01 Å². The van der Waals surface area contributed by atoms with Crippen molar-refractivity contribution in [2.75, 3.05) is 0 Å². The van der Waals surface area contributed by atoms with Crippen LogP contribution in [-0.4, -0.2) is 9.55 Å². The Labute approximate surface area is 279 Å². The van der Waals surface area contributed by atoms with Gasteiger partial charge in [-0.15, -0.1) is 22.7 Å². The fourth-order valence-corrected chi connectivity index (χ4v) is 9.33. The number of hydrogen-bond donors (Lipinski definition) is 0. The van der Waals surface area contributed by atoms with Crippen molar-refractivity contribution in [3.8, 4) is 38.5 Å². The summed E-state index contributed by atoms with van der Waals surface area (Å²) in [5.74, 6) is 0. The van der Waals surface area contributed by atoms with Crippen LogP contribution in [0.2, 0.25) is 0 Å². The molecule has 7 aromatic carbocycles. The molecule has 47 heavy (non-hydrogen) atoms. The quantitative estimate of drug-likeness (QED) is 0.188. The molecule has 2 nitrogen and oxygen atoms in total. The summed E-state index contributed by atoms with van der Waals surface area (Å²) >= 11 is 3.65. The number of thiazole rings is 1. The van der Waals surface area contributed by atoms with E-state index in [-0.39, 0.29) is 0 Å². The van der Waals surface area contributed by atoms with Gasteiger partial charge < -0.3 is 4.57 Å². The van der Waals surface area contributed by atoms with Gasteiger partial charge in [-0.2, -0.15) is 0 Å². The molecule has 4 heteroatoms. The Kier molecular flexibility index (Phi) is 5.95. The molecule has 0 fully saturated rings. The Hall–Kier alpha value is -5.55. The highest BCUT2D eigenvalue weighted by Gasteiger charge is 2.19. The zero-order valence-corrected chi connectivity index (χ0v) is 26.9. The van der Waals surface area contributed by atoms with Crippen molar-refractivity contribution in [1.82, 2.24) is 9.55 Å². The van der Waals surface area contributed by atoms with Gasteiger partial charge >= 0.3 is 0 Å². The highest BCUT2D eigenvalue weighted by atomic mass is 32.1. The maximum atomic E-state index is 5.34. The minimum absolute atomic E-state index is 1.04. The third-order valence-corrected chi connectivity index (χ3v) is 11.5. The number of fused-ring (bicyclic) bond motifs is 8. The first-order valence-electron chi connectivity index (χ1n) is 15.8. The average Bonchev–Trinajstić information content (AvgIpc) is 3.84. The second-order valence-corrected chi connectivity index (χ2v) is 14.0. The Bertz CT molecular complexity index is 2730. The molecule has 0 saturated heterocycles. The molecule has 0 spiro atoms. The summed E-state index contributed by atoms with van der Waals surface area (Å²) in [5.41, 5.74) is 10.8. The van der Waals surface area contributed by atoms with E-state index in [1.807, 2.05) is 11.3 Å². The number of rotatable bonds is 4. The fraction of sp³-hybridized carbons (Fsp3) is 0. The lowest BCUT2D eigenvalue weighted by molar-refractivity contribution is 1.18. The second-order valence-electron chi connectivity index (χ2n) is 12.0. The van der Waals surface area contributed by atoms with Gasteiger partial charge in [0.05, 0.1) is 21.3 Å². The standard InChI is InChI=1S/C43H26N2S2/c1-2-11-27(12-3-1)29-13-10-14-30(25-29)35-26-39-41(40-34-17-6-9-20-38(34)46-42(35)40)44-43(47-39)28-21-23-31(24-22-28)45-36-18-7-4-15-32(36)33-16-5-8-19-37(33)45/h1-26H. The third-order valence-electron chi connectivity index (χ3n) is 9.24. The molecule has 0 unspecified atom stereocenters. The van der Waals surface area contributed by atoms with Crippen LogP contribution in [0, 0.1) is 0 Å². The van der Waals surface area contributed by atoms with E-state index in [4.69, 9.17) is 4.98 Å². The number of para-hydroxylation sites is 2. The first-order chi connectivity index (χ1) is 23.3. The third kappa shape index (κ3) is 4.19. The van der Waals surface area contributed by atoms with Crippen LogP contribution < -0.4 is 0 Å². The average molecular weight is 635 g/mol. The minimum Gasteiger partial charge on any atom is -0.309 e. The molecule has 3 aromatic heterocycles. The van der Waals surface area contributed by atoms with Crippen LogP contribution >= 0.6 is 22.7 Å².